The van der Waals surface area contributed by atoms with Gasteiger partial charge < -0.3 is 9.47 Å². The first-order valence-electron chi connectivity index (χ1n) is 5.97. The number of fused-ring (bicyclic) bond motifs is 1. The van der Waals surface area contributed by atoms with Crippen molar-refractivity contribution in [2.75, 3.05) is 14.2 Å². The van der Waals surface area contributed by atoms with E-state index in [-0.39, 0.29) is 0 Å². The zero-order valence-corrected chi connectivity index (χ0v) is 12.6. The molecular weight excluding hydrogens is 322 g/mol. The lowest BCUT2D eigenvalue weighted by Gasteiger charge is -2.11. The quantitative estimate of drug-likeness (QED) is 0.738. The summed E-state index contributed by atoms with van der Waals surface area (Å²) >= 11 is 3.47. The fraction of sp³-hybridized carbons (Fsp3) is 0.143. The molecule has 0 fully saturated rings. The number of aromatic nitrogens is 3. The van der Waals surface area contributed by atoms with Crippen LogP contribution < -0.4 is 9.47 Å². The van der Waals surface area contributed by atoms with Crippen molar-refractivity contribution in [3.05, 3.63) is 41.0 Å². The largest absolute Gasteiger partial charge is 0.496 e. The van der Waals surface area contributed by atoms with Gasteiger partial charge in [0.15, 0.2) is 11.5 Å². The number of rotatable bonds is 3. The molecule has 1 aromatic carbocycles. The zero-order chi connectivity index (χ0) is 14.1. The predicted molar refractivity (Wildman–Crippen MR) is 79.2 cm³/mol. The normalized spacial score (nSPS) is 10.8. The number of halogens is 1. The molecule has 0 aliphatic carbocycles. The van der Waals surface area contributed by atoms with Crippen molar-refractivity contribution in [3.8, 4) is 22.9 Å². The van der Waals surface area contributed by atoms with Gasteiger partial charge in [0.25, 0.3) is 0 Å². The van der Waals surface area contributed by atoms with Crippen LogP contribution in [0.2, 0.25) is 0 Å². The minimum absolute atomic E-state index is 0.676. The Morgan fingerprint density at radius 3 is 2.35 bits per heavy atom. The zero-order valence-electron chi connectivity index (χ0n) is 11.0. The number of pyridine rings is 1. The van der Waals surface area contributed by atoms with Gasteiger partial charge in [-0.3, -0.25) is 4.40 Å². The van der Waals surface area contributed by atoms with Crippen LogP contribution in [-0.2, 0) is 0 Å². The molecule has 2 aromatic heterocycles. The highest BCUT2D eigenvalue weighted by Gasteiger charge is 2.18. The summed E-state index contributed by atoms with van der Waals surface area (Å²) in [4.78, 5) is 0. The van der Waals surface area contributed by atoms with Crippen molar-refractivity contribution < 1.29 is 9.47 Å². The van der Waals surface area contributed by atoms with Crippen LogP contribution in [0.25, 0.3) is 17.0 Å². The van der Waals surface area contributed by atoms with Crippen LogP contribution in [0.3, 0.4) is 0 Å². The Kier molecular flexibility index (Phi) is 3.31. The maximum absolute atomic E-state index is 5.42. The predicted octanol–water partition coefficient (Wildman–Crippen LogP) is 3.18. The Morgan fingerprint density at radius 2 is 1.70 bits per heavy atom. The molecule has 0 N–H and O–H groups in total. The minimum Gasteiger partial charge on any atom is -0.496 e. The van der Waals surface area contributed by atoms with Crippen LogP contribution in [0.5, 0.6) is 11.5 Å². The van der Waals surface area contributed by atoms with Gasteiger partial charge in [-0.2, -0.15) is 0 Å². The Balaban J connectivity index is 2.34. The third kappa shape index (κ3) is 1.92. The fourth-order valence-corrected chi connectivity index (χ4v) is 2.55. The SMILES string of the molecule is COc1cccc(OC)c1-c1nnc2c(Br)cccn12. The number of methoxy groups -OCH3 is 2. The lowest BCUT2D eigenvalue weighted by Crippen LogP contribution is -1.96. The van der Waals surface area contributed by atoms with E-state index in [1.165, 1.54) is 0 Å². The Morgan fingerprint density at radius 1 is 1.00 bits per heavy atom. The average Bonchev–Trinajstić information content (AvgIpc) is 2.91. The van der Waals surface area contributed by atoms with Crippen LogP contribution in [-0.4, -0.2) is 28.8 Å². The summed E-state index contributed by atoms with van der Waals surface area (Å²) in [5.41, 5.74) is 1.53. The molecule has 0 atom stereocenters. The summed E-state index contributed by atoms with van der Waals surface area (Å²) in [7, 11) is 3.24. The molecule has 3 rings (SSSR count). The van der Waals surface area contributed by atoms with E-state index in [0.29, 0.717) is 17.3 Å². The van der Waals surface area contributed by atoms with Gasteiger partial charge in [0.05, 0.1) is 18.7 Å². The molecule has 0 bridgehead atoms. The first-order chi connectivity index (χ1) is 9.76. The summed E-state index contributed by atoms with van der Waals surface area (Å²) in [5, 5.41) is 8.47. The van der Waals surface area contributed by atoms with Crippen molar-refractivity contribution in [1.82, 2.24) is 14.6 Å². The second-order valence-corrected chi connectivity index (χ2v) is 4.97. The Hall–Kier alpha value is -2.08. The molecule has 102 valence electrons. The Bertz CT molecular complexity index is 748. The average molecular weight is 334 g/mol. The summed E-state index contributed by atoms with van der Waals surface area (Å²) in [5.74, 6) is 2.06. The third-order valence-electron chi connectivity index (χ3n) is 3.04. The lowest BCUT2D eigenvalue weighted by molar-refractivity contribution is 0.396. The Labute approximate surface area is 124 Å². The molecule has 0 radical (unpaired) electrons. The summed E-state index contributed by atoms with van der Waals surface area (Å²) < 4.78 is 13.6. The van der Waals surface area contributed by atoms with Gasteiger partial charge in [-0.25, -0.2) is 0 Å². The van der Waals surface area contributed by atoms with Crippen LogP contribution in [0.1, 0.15) is 0 Å². The van der Waals surface area contributed by atoms with Crippen molar-refractivity contribution in [1.29, 1.82) is 0 Å². The van der Waals surface area contributed by atoms with Crippen LogP contribution in [0, 0.1) is 0 Å². The summed E-state index contributed by atoms with van der Waals surface area (Å²) in [6.07, 6.45) is 1.90. The lowest BCUT2D eigenvalue weighted by atomic mass is 10.1. The molecule has 0 spiro atoms. The first kappa shape index (κ1) is 12.9. The van der Waals surface area contributed by atoms with Crippen LogP contribution >= 0.6 is 15.9 Å². The topological polar surface area (TPSA) is 48.7 Å². The number of ether oxygens (including phenoxy) is 2. The molecule has 20 heavy (non-hydrogen) atoms. The number of hydrogen-bond acceptors (Lipinski definition) is 4. The van der Waals surface area contributed by atoms with Crippen molar-refractivity contribution in [2.24, 2.45) is 0 Å². The summed E-state index contributed by atoms with van der Waals surface area (Å²) in [6, 6.07) is 9.47. The maximum atomic E-state index is 5.42. The van der Waals surface area contributed by atoms with E-state index >= 15 is 0 Å². The highest BCUT2D eigenvalue weighted by molar-refractivity contribution is 9.10. The standard InChI is InChI=1S/C14H12BrN3O2/c1-19-10-6-3-7-11(20-2)12(10)14-17-16-13-9(15)5-4-8-18(13)14/h3-8H,1-2H3. The highest BCUT2D eigenvalue weighted by atomic mass is 79.9. The fourth-order valence-electron chi connectivity index (χ4n) is 2.13. The van der Waals surface area contributed by atoms with E-state index in [1.54, 1.807) is 14.2 Å². The van der Waals surface area contributed by atoms with Gasteiger partial charge in [0, 0.05) is 6.20 Å². The molecule has 0 saturated carbocycles. The van der Waals surface area contributed by atoms with E-state index in [0.717, 1.165) is 15.7 Å². The van der Waals surface area contributed by atoms with E-state index in [9.17, 15) is 0 Å². The molecule has 6 heteroatoms. The van der Waals surface area contributed by atoms with Gasteiger partial charge in [-0.1, -0.05) is 6.07 Å². The maximum Gasteiger partial charge on any atom is 0.175 e. The van der Waals surface area contributed by atoms with Crippen LogP contribution in [0.15, 0.2) is 41.0 Å². The van der Waals surface area contributed by atoms with Gasteiger partial charge in [-0.15, -0.1) is 10.2 Å². The molecule has 0 aliphatic heterocycles. The first-order valence-corrected chi connectivity index (χ1v) is 6.76. The number of nitrogens with zero attached hydrogens (tertiary/aromatic N) is 3. The van der Waals surface area contributed by atoms with Crippen molar-refractivity contribution >= 4 is 21.6 Å². The van der Waals surface area contributed by atoms with Gasteiger partial charge in [-0.05, 0) is 40.2 Å². The van der Waals surface area contributed by atoms with Gasteiger partial charge in [0.2, 0.25) is 0 Å². The van der Waals surface area contributed by atoms with E-state index < -0.39 is 0 Å². The second-order valence-electron chi connectivity index (χ2n) is 4.11. The second kappa shape index (κ2) is 5.13. The molecule has 0 unspecified atom stereocenters. The minimum atomic E-state index is 0.676. The molecule has 0 aliphatic rings. The van der Waals surface area contributed by atoms with Crippen LogP contribution in [0.4, 0.5) is 0 Å². The third-order valence-corrected chi connectivity index (χ3v) is 3.66. The molecular formula is C14H12BrN3O2. The monoisotopic (exact) mass is 333 g/mol. The highest BCUT2D eigenvalue weighted by Crippen LogP contribution is 2.37. The van der Waals surface area contributed by atoms with Gasteiger partial charge in [0.1, 0.15) is 17.1 Å². The molecule has 0 saturated heterocycles. The van der Waals surface area contributed by atoms with Crippen molar-refractivity contribution in [2.45, 2.75) is 0 Å². The van der Waals surface area contributed by atoms with E-state index in [1.807, 2.05) is 40.9 Å². The van der Waals surface area contributed by atoms with E-state index in [4.69, 9.17) is 9.47 Å². The molecule has 2 heterocycles. The van der Waals surface area contributed by atoms with Crippen molar-refractivity contribution in [3.63, 3.8) is 0 Å². The van der Waals surface area contributed by atoms with E-state index in [2.05, 4.69) is 26.1 Å². The molecule has 3 aromatic rings. The van der Waals surface area contributed by atoms with Gasteiger partial charge >= 0.3 is 0 Å². The molecule has 5 nitrogen and oxygen atoms in total. The number of hydrogen-bond donors (Lipinski definition) is 0. The molecule has 0 amide bonds. The smallest absolute Gasteiger partial charge is 0.175 e. The summed E-state index contributed by atoms with van der Waals surface area (Å²) in [6.45, 7) is 0. The number of benzene rings is 1.